The Morgan fingerprint density at radius 2 is 1.45 bits per heavy atom. The second kappa shape index (κ2) is 9.61. The summed E-state index contributed by atoms with van der Waals surface area (Å²) in [6, 6.07) is 23.3. The lowest BCUT2D eigenvalue weighted by Gasteiger charge is -2.16. The molecule has 0 aliphatic heterocycles. The van der Waals surface area contributed by atoms with E-state index in [9.17, 15) is 0 Å². The zero-order chi connectivity index (χ0) is 35.7. The van der Waals surface area contributed by atoms with Crippen molar-refractivity contribution in [3.8, 4) is 33.5 Å². The number of para-hydroxylation sites is 2. The predicted molar refractivity (Wildman–Crippen MR) is 161 cm³/mol. The van der Waals surface area contributed by atoms with E-state index in [1.165, 1.54) is 24.4 Å². The molecule has 4 aromatic carbocycles. The molecule has 0 fully saturated rings. The van der Waals surface area contributed by atoms with Crippen LogP contribution < -0.4 is 0 Å². The third-order valence-corrected chi connectivity index (χ3v) is 6.68. The van der Waals surface area contributed by atoms with E-state index in [0.717, 1.165) is 10.8 Å². The minimum Gasteiger partial charge on any atom is -0.455 e. The Balaban J connectivity index is 1.62. The van der Waals surface area contributed by atoms with Gasteiger partial charge in [-0.25, -0.2) is 0 Å². The predicted octanol–water partition coefficient (Wildman–Crippen LogP) is 10.1. The minimum atomic E-state index is -2.78. The fourth-order valence-corrected chi connectivity index (χ4v) is 4.92. The van der Waals surface area contributed by atoms with Gasteiger partial charge in [0.25, 0.3) is 0 Å². The highest BCUT2D eigenvalue weighted by Gasteiger charge is 2.16. The molecule has 0 spiro atoms. The van der Waals surface area contributed by atoms with Crippen molar-refractivity contribution in [3.63, 3.8) is 0 Å². The molecule has 0 N–H and O–H groups in total. The van der Waals surface area contributed by atoms with Crippen LogP contribution >= 0.6 is 0 Å². The first-order valence-corrected chi connectivity index (χ1v) is 12.5. The number of fused-ring (bicyclic) bond motifs is 3. The number of aromatic nitrogens is 1. The monoisotopic (exact) mass is 506 g/mol. The first-order chi connectivity index (χ1) is 22.8. The van der Waals surface area contributed by atoms with Gasteiger partial charge in [0.1, 0.15) is 11.2 Å². The van der Waals surface area contributed by atoms with Gasteiger partial charge in [0.05, 0.1) is 5.69 Å². The fraction of sp³-hybridized carbons (Fsp3) is 0.194. The third-order valence-electron chi connectivity index (χ3n) is 6.68. The van der Waals surface area contributed by atoms with Crippen LogP contribution in [-0.2, 0) is 6.37 Å². The Morgan fingerprint density at radius 1 is 0.737 bits per heavy atom. The summed E-state index contributed by atoms with van der Waals surface area (Å²) in [5.41, 5.74) is 2.27. The van der Waals surface area contributed by atoms with Gasteiger partial charge in [0.2, 0.25) is 0 Å². The van der Waals surface area contributed by atoms with Gasteiger partial charge in [-0.05, 0) is 95.6 Å². The van der Waals surface area contributed by atoms with Crippen molar-refractivity contribution in [2.45, 2.75) is 40.8 Å². The number of rotatable bonds is 5. The van der Waals surface area contributed by atoms with Crippen LogP contribution in [0.3, 0.4) is 0 Å². The molecule has 0 saturated carbocycles. The summed E-state index contributed by atoms with van der Waals surface area (Å²) >= 11 is 0. The number of furan rings is 1. The average molecular weight is 507 g/mol. The third kappa shape index (κ3) is 4.31. The highest BCUT2D eigenvalue weighted by Crippen LogP contribution is 2.38. The molecule has 0 aliphatic rings. The Morgan fingerprint density at radius 3 is 2.24 bits per heavy atom. The Hall–Kier alpha value is -4.17. The van der Waals surface area contributed by atoms with E-state index < -0.39 is 26.9 Å². The van der Waals surface area contributed by atoms with Gasteiger partial charge < -0.3 is 4.42 Å². The second-order valence-corrected chi connectivity index (χ2v) is 9.72. The maximum atomic E-state index is 8.50. The van der Waals surface area contributed by atoms with Crippen molar-refractivity contribution in [3.05, 3.63) is 113 Å². The zero-order valence-corrected chi connectivity index (χ0v) is 21.1. The molecule has 6 aromatic rings. The van der Waals surface area contributed by atoms with E-state index >= 15 is 0 Å². The van der Waals surface area contributed by atoms with Crippen LogP contribution in [0.4, 0.5) is 0 Å². The Kier molecular flexibility index (Phi) is 3.71. The lowest BCUT2D eigenvalue weighted by atomic mass is 9.89. The maximum Gasteiger partial charge on any atom is 0.144 e. The SMILES string of the molecule is [2H]C([2H])([2H])c1cc(-c2cc(-c3cccc4c3oc3ccccc34)ncc2C([2H])([2H])[2H])c(C([2H])([2H])[2H])cc1-c1ccc(C([2H])([2H])C(C)C)cc1. The molecule has 0 unspecified atom stereocenters. The molecule has 0 radical (unpaired) electrons. The van der Waals surface area contributed by atoms with Gasteiger partial charge in [-0.2, -0.15) is 0 Å². The lowest BCUT2D eigenvalue weighted by Crippen LogP contribution is -1.95. The van der Waals surface area contributed by atoms with Gasteiger partial charge >= 0.3 is 0 Å². The van der Waals surface area contributed by atoms with Crippen molar-refractivity contribution in [2.75, 3.05) is 0 Å². The van der Waals surface area contributed by atoms with Crippen molar-refractivity contribution in [1.29, 1.82) is 0 Å². The van der Waals surface area contributed by atoms with Gasteiger partial charge in [0.15, 0.2) is 0 Å². The normalized spacial score (nSPS) is 17.3. The zero-order valence-electron chi connectivity index (χ0n) is 32.1. The van der Waals surface area contributed by atoms with Crippen molar-refractivity contribution in [2.24, 2.45) is 5.92 Å². The van der Waals surface area contributed by atoms with E-state index in [-0.39, 0.29) is 39.3 Å². The summed E-state index contributed by atoms with van der Waals surface area (Å²) in [7, 11) is 0. The Labute approximate surface area is 240 Å². The van der Waals surface area contributed by atoms with Gasteiger partial charge in [0, 0.05) is 37.6 Å². The van der Waals surface area contributed by atoms with E-state index in [2.05, 4.69) is 4.98 Å². The highest BCUT2D eigenvalue weighted by molar-refractivity contribution is 6.09. The molecule has 0 atom stereocenters. The second-order valence-electron chi connectivity index (χ2n) is 9.72. The van der Waals surface area contributed by atoms with Crippen LogP contribution in [0, 0.1) is 26.5 Å². The van der Waals surface area contributed by atoms with E-state index in [1.807, 2.05) is 36.4 Å². The smallest absolute Gasteiger partial charge is 0.144 e. The average Bonchev–Trinajstić information content (AvgIpc) is 3.41. The first kappa shape index (κ1) is 14.7. The van der Waals surface area contributed by atoms with Crippen molar-refractivity contribution in [1.82, 2.24) is 4.98 Å². The number of hydrogen-bond acceptors (Lipinski definition) is 2. The topological polar surface area (TPSA) is 26.0 Å². The number of benzene rings is 4. The molecule has 0 amide bonds. The van der Waals surface area contributed by atoms with Crippen molar-refractivity contribution >= 4 is 21.9 Å². The lowest BCUT2D eigenvalue weighted by molar-refractivity contribution is 0.647. The molecule has 2 nitrogen and oxygen atoms in total. The molecule has 2 heteroatoms. The highest BCUT2D eigenvalue weighted by atomic mass is 16.3. The molecular weight excluding hydrogens is 462 g/mol. The summed E-state index contributed by atoms with van der Waals surface area (Å²) in [6.45, 7) is -4.70. The quantitative estimate of drug-likeness (QED) is 0.232. The summed E-state index contributed by atoms with van der Waals surface area (Å²) in [6.07, 6.45) is -0.455. The molecule has 0 saturated heterocycles. The number of nitrogens with zero attached hydrogens (tertiary/aromatic N) is 1. The summed E-state index contributed by atoms with van der Waals surface area (Å²) in [5, 5.41) is 1.70. The van der Waals surface area contributed by atoms with E-state index in [4.69, 9.17) is 19.5 Å². The van der Waals surface area contributed by atoms with Gasteiger partial charge in [-0.15, -0.1) is 0 Å². The number of hydrogen-bond donors (Lipinski definition) is 0. The molecule has 0 bridgehead atoms. The van der Waals surface area contributed by atoms with Crippen LogP contribution in [-0.4, -0.2) is 4.98 Å². The molecular formula is C36H33NO. The minimum absolute atomic E-state index is 0.0155. The van der Waals surface area contributed by atoms with Crippen LogP contribution in [0.15, 0.2) is 95.5 Å². The standard InChI is InChI=1S/C36H33NO/c1-22(2)17-26-13-15-27(16-14-26)31-18-24(4)32(19-23(31)3)33-20-34(37-21-25(33)5)30-11-8-10-29-28-9-6-7-12-35(28)38-36(29)30/h6-16,18-22H,17H2,1-5H3/i3D3,4D3,5D3,17D2. The summed E-state index contributed by atoms with van der Waals surface area (Å²) in [4.78, 5) is 4.49. The molecule has 6 rings (SSSR count). The molecule has 188 valence electrons. The number of pyridine rings is 1. The van der Waals surface area contributed by atoms with E-state index in [0.29, 0.717) is 33.6 Å². The van der Waals surface area contributed by atoms with Gasteiger partial charge in [-0.3, -0.25) is 4.98 Å². The fourth-order valence-electron chi connectivity index (χ4n) is 4.92. The van der Waals surface area contributed by atoms with Crippen LogP contribution in [0.5, 0.6) is 0 Å². The van der Waals surface area contributed by atoms with Crippen LogP contribution in [0.2, 0.25) is 0 Å². The Bertz CT molecular complexity index is 2190. The maximum absolute atomic E-state index is 8.50. The molecule has 38 heavy (non-hydrogen) atoms. The van der Waals surface area contributed by atoms with Gasteiger partial charge in [-0.1, -0.05) is 80.6 Å². The largest absolute Gasteiger partial charge is 0.455 e. The first-order valence-electron chi connectivity index (χ1n) is 18.0. The summed E-state index contributed by atoms with van der Waals surface area (Å²) in [5.74, 6) is -0.325. The van der Waals surface area contributed by atoms with Crippen LogP contribution in [0.25, 0.3) is 55.4 Å². The molecule has 2 aromatic heterocycles. The van der Waals surface area contributed by atoms with E-state index in [1.54, 1.807) is 44.2 Å². The molecule has 0 aliphatic carbocycles. The van der Waals surface area contributed by atoms with Crippen molar-refractivity contribution < 1.29 is 19.5 Å². The molecule has 2 heterocycles. The number of aryl methyl sites for hydroxylation is 3. The summed E-state index contributed by atoms with van der Waals surface area (Å²) < 4.78 is 98.8. The van der Waals surface area contributed by atoms with Crippen LogP contribution in [0.1, 0.15) is 51.2 Å².